The lowest BCUT2D eigenvalue weighted by Gasteiger charge is -2.14. The van der Waals surface area contributed by atoms with Crippen molar-refractivity contribution in [2.24, 2.45) is 0 Å². The number of carbonyl (C=O) groups excluding carboxylic acids is 3. The fourth-order valence-corrected chi connectivity index (χ4v) is 3.48. The Morgan fingerprint density at radius 2 is 2.00 bits per heavy atom. The largest absolute Gasteiger partial charge is 0.505 e. The van der Waals surface area contributed by atoms with Crippen LogP contribution in [-0.2, 0) is 19.1 Å². The number of unbranched alkanes of at least 4 members (excludes halogenated alkanes) is 3. The smallest absolute Gasteiger partial charge is 0.450 e. The molecule has 136 valence electrons. The van der Waals surface area contributed by atoms with Gasteiger partial charge >= 0.3 is 6.16 Å². The average Bonchev–Trinajstić information content (AvgIpc) is 2.81. The summed E-state index contributed by atoms with van der Waals surface area (Å²) in [6, 6.07) is 0. The van der Waals surface area contributed by atoms with Crippen LogP contribution in [0.25, 0.3) is 0 Å². The molecule has 0 bridgehead atoms. The van der Waals surface area contributed by atoms with E-state index in [9.17, 15) is 19.2 Å². The van der Waals surface area contributed by atoms with E-state index in [1.807, 2.05) is 0 Å². The predicted octanol–water partition coefficient (Wildman–Crippen LogP) is 1.24. The molecular weight excluding hydrogens is 336 g/mol. The van der Waals surface area contributed by atoms with E-state index >= 15 is 0 Å². The number of nitrogens with one attached hydrogen (secondary N) is 1. The lowest BCUT2D eigenvalue weighted by Crippen LogP contribution is -2.34. The van der Waals surface area contributed by atoms with Crippen LogP contribution in [0, 0.1) is 0 Å². The molecule has 1 saturated heterocycles. The second-order valence-corrected chi connectivity index (χ2v) is 6.71. The molecule has 0 spiro atoms. The monoisotopic (exact) mass is 360 g/mol. The zero-order valence-corrected chi connectivity index (χ0v) is 14.6. The Hall–Kier alpha value is -1.77. The Labute approximate surface area is 145 Å². The minimum absolute atomic E-state index is 0.129. The topological polar surface area (TPSA) is 113 Å². The molecule has 1 heterocycles. The summed E-state index contributed by atoms with van der Waals surface area (Å²) in [4.78, 5) is 46.6. The number of thioether (sulfide) groups is 1. The molecule has 8 nitrogen and oxygen atoms in total. The van der Waals surface area contributed by atoms with E-state index in [2.05, 4.69) is 10.1 Å². The van der Waals surface area contributed by atoms with Crippen LogP contribution < -0.4 is 5.32 Å². The van der Waals surface area contributed by atoms with Gasteiger partial charge in [-0.2, -0.15) is 0 Å². The SMILES string of the molecule is CNC(=O)CCN1C(=O)CC(SCCCCCCOC(=O)O)C1=O. The molecule has 0 aliphatic carbocycles. The van der Waals surface area contributed by atoms with E-state index < -0.39 is 6.16 Å². The maximum Gasteiger partial charge on any atom is 0.505 e. The van der Waals surface area contributed by atoms with Gasteiger partial charge in [0.25, 0.3) is 0 Å². The molecule has 3 amide bonds. The zero-order valence-electron chi connectivity index (χ0n) is 13.8. The number of likely N-dealkylation sites (tertiary alicyclic amines) is 1. The van der Waals surface area contributed by atoms with Gasteiger partial charge in [-0.05, 0) is 18.6 Å². The third kappa shape index (κ3) is 7.20. The van der Waals surface area contributed by atoms with Crippen molar-refractivity contribution in [2.45, 2.75) is 43.8 Å². The van der Waals surface area contributed by atoms with Gasteiger partial charge in [0.1, 0.15) is 0 Å². The summed E-state index contributed by atoms with van der Waals surface area (Å²) in [5, 5.41) is 10.4. The molecule has 1 aliphatic rings. The maximum atomic E-state index is 12.2. The van der Waals surface area contributed by atoms with Crippen molar-refractivity contribution < 1.29 is 29.0 Å². The number of rotatable bonds is 11. The lowest BCUT2D eigenvalue weighted by atomic mass is 10.2. The van der Waals surface area contributed by atoms with Crippen LogP contribution in [0.1, 0.15) is 38.5 Å². The first-order valence-corrected chi connectivity index (χ1v) is 9.02. The molecule has 24 heavy (non-hydrogen) atoms. The van der Waals surface area contributed by atoms with Crippen LogP contribution in [0.3, 0.4) is 0 Å². The molecule has 0 radical (unpaired) electrons. The van der Waals surface area contributed by atoms with Gasteiger partial charge in [0, 0.05) is 26.4 Å². The zero-order chi connectivity index (χ0) is 17.9. The van der Waals surface area contributed by atoms with E-state index in [-0.39, 0.29) is 49.0 Å². The van der Waals surface area contributed by atoms with Crippen molar-refractivity contribution in [3.05, 3.63) is 0 Å². The quantitative estimate of drug-likeness (QED) is 0.324. The number of ether oxygens (including phenoxy) is 1. The van der Waals surface area contributed by atoms with Crippen LogP contribution in [0.5, 0.6) is 0 Å². The van der Waals surface area contributed by atoms with Gasteiger partial charge in [-0.1, -0.05) is 12.8 Å². The number of amides is 3. The van der Waals surface area contributed by atoms with Crippen molar-refractivity contribution in [3.63, 3.8) is 0 Å². The van der Waals surface area contributed by atoms with E-state index in [0.717, 1.165) is 25.0 Å². The minimum atomic E-state index is -1.25. The standard InChI is InChI=1S/C15H24N2O6S/c1-16-12(18)6-7-17-13(19)10-11(14(17)20)24-9-5-3-2-4-8-23-15(21)22/h11H,2-10H2,1H3,(H,16,18)(H,21,22). The molecular formula is C15H24N2O6S. The summed E-state index contributed by atoms with van der Waals surface area (Å²) in [7, 11) is 1.52. The highest BCUT2D eigenvalue weighted by molar-refractivity contribution is 8.00. The van der Waals surface area contributed by atoms with Gasteiger partial charge in [-0.15, -0.1) is 11.8 Å². The molecule has 2 N–H and O–H groups in total. The molecule has 1 fully saturated rings. The molecule has 1 rings (SSSR count). The summed E-state index contributed by atoms with van der Waals surface area (Å²) in [5.74, 6) is 0.154. The van der Waals surface area contributed by atoms with E-state index in [0.29, 0.717) is 6.42 Å². The molecule has 0 aromatic rings. The highest BCUT2D eigenvalue weighted by atomic mass is 32.2. The fourth-order valence-electron chi connectivity index (χ4n) is 2.30. The first kappa shape index (κ1) is 20.3. The Morgan fingerprint density at radius 3 is 2.67 bits per heavy atom. The van der Waals surface area contributed by atoms with Gasteiger partial charge in [-0.3, -0.25) is 19.3 Å². The van der Waals surface area contributed by atoms with Crippen LogP contribution in [-0.4, -0.2) is 65.1 Å². The van der Waals surface area contributed by atoms with E-state index in [1.54, 1.807) is 0 Å². The highest BCUT2D eigenvalue weighted by Crippen LogP contribution is 2.26. The first-order valence-electron chi connectivity index (χ1n) is 7.97. The van der Waals surface area contributed by atoms with Gasteiger partial charge in [0.15, 0.2) is 0 Å². The highest BCUT2D eigenvalue weighted by Gasteiger charge is 2.38. The predicted molar refractivity (Wildman–Crippen MR) is 88.7 cm³/mol. The Morgan fingerprint density at radius 1 is 1.29 bits per heavy atom. The normalized spacial score (nSPS) is 17.2. The summed E-state index contributed by atoms with van der Waals surface area (Å²) in [6.07, 6.45) is 2.44. The first-order chi connectivity index (χ1) is 11.5. The van der Waals surface area contributed by atoms with Gasteiger partial charge in [0.2, 0.25) is 17.7 Å². The maximum absolute atomic E-state index is 12.2. The van der Waals surface area contributed by atoms with Crippen LogP contribution in [0.4, 0.5) is 4.79 Å². The molecule has 0 aromatic heterocycles. The number of imide groups is 1. The average molecular weight is 360 g/mol. The number of carboxylic acid groups (broad SMARTS) is 1. The Kier molecular flexibility index (Phi) is 9.21. The second-order valence-electron chi connectivity index (χ2n) is 5.40. The molecule has 0 saturated carbocycles. The third-order valence-electron chi connectivity index (χ3n) is 3.63. The number of hydrogen-bond acceptors (Lipinski definition) is 6. The van der Waals surface area contributed by atoms with Crippen molar-refractivity contribution in [1.82, 2.24) is 10.2 Å². The van der Waals surface area contributed by atoms with Crippen molar-refractivity contribution >= 4 is 35.6 Å². The summed E-state index contributed by atoms with van der Waals surface area (Å²) >= 11 is 1.47. The van der Waals surface area contributed by atoms with Crippen molar-refractivity contribution in [2.75, 3.05) is 26.0 Å². The fraction of sp³-hybridized carbons (Fsp3) is 0.733. The van der Waals surface area contributed by atoms with Gasteiger partial charge in [-0.25, -0.2) is 4.79 Å². The van der Waals surface area contributed by atoms with Gasteiger partial charge in [0.05, 0.1) is 11.9 Å². The molecule has 0 aromatic carbocycles. The molecule has 1 aliphatic heterocycles. The summed E-state index contributed by atoms with van der Waals surface area (Å²) in [5.41, 5.74) is 0. The lowest BCUT2D eigenvalue weighted by molar-refractivity contribution is -0.138. The van der Waals surface area contributed by atoms with Gasteiger partial charge < -0.3 is 15.2 Å². The molecule has 1 atom stereocenters. The second kappa shape index (κ2) is 10.9. The third-order valence-corrected chi connectivity index (χ3v) is 4.92. The Bertz CT molecular complexity index is 471. The van der Waals surface area contributed by atoms with Crippen LogP contribution in [0.15, 0.2) is 0 Å². The van der Waals surface area contributed by atoms with Crippen molar-refractivity contribution in [1.29, 1.82) is 0 Å². The molecule has 9 heteroatoms. The van der Waals surface area contributed by atoms with Crippen molar-refractivity contribution in [3.8, 4) is 0 Å². The van der Waals surface area contributed by atoms with Crippen LogP contribution in [0.2, 0.25) is 0 Å². The van der Waals surface area contributed by atoms with E-state index in [4.69, 9.17) is 5.11 Å². The summed E-state index contributed by atoms with van der Waals surface area (Å²) < 4.78 is 4.41. The number of carbonyl (C=O) groups is 4. The Balaban J connectivity index is 2.15. The van der Waals surface area contributed by atoms with Crippen LogP contribution >= 0.6 is 11.8 Å². The minimum Gasteiger partial charge on any atom is -0.450 e. The summed E-state index contributed by atoms with van der Waals surface area (Å²) in [6.45, 7) is 0.344. The number of nitrogens with zero attached hydrogens (tertiary/aromatic N) is 1. The number of hydrogen-bond donors (Lipinski definition) is 2. The van der Waals surface area contributed by atoms with E-state index in [1.165, 1.54) is 23.7 Å². The molecule has 1 unspecified atom stereocenters.